The molecule has 442 valence electrons. The summed E-state index contributed by atoms with van der Waals surface area (Å²) in [5, 5.41) is 2.63. The molecule has 4 atom stereocenters. The molecular weight excluding hydrogens is 1080 g/mol. The van der Waals surface area contributed by atoms with Crippen LogP contribution in [0.4, 0.5) is 56.9 Å². The van der Waals surface area contributed by atoms with Crippen molar-refractivity contribution in [3.05, 3.63) is 210 Å². The minimum Gasteiger partial charge on any atom is -0.334 e. The van der Waals surface area contributed by atoms with Gasteiger partial charge in [-0.3, -0.25) is 0 Å². The van der Waals surface area contributed by atoms with Crippen LogP contribution in [0.15, 0.2) is 182 Å². The van der Waals surface area contributed by atoms with Crippen molar-refractivity contribution in [2.24, 2.45) is 0 Å². The summed E-state index contributed by atoms with van der Waals surface area (Å²) in [6.45, 7) is 31.7. The lowest BCUT2D eigenvalue weighted by atomic mass is 9.33. The minimum atomic E-state index is -0.175. The molecule has 9 aromatic carbocycles. The fourth-order valence-electron chi connectivity index (χ4n) is 17.9. The molecule has 0 radical (unpaired) electrons. The van der Waals surface area contributed by atoms with Crippen LogP contribution in [0.25, 0.3) is 31.3 Å². The first-order valence-corrected chi connectivity index (χ1v) is 33.9. The second-order valence-corrected chi connectivity index (χ2v) is 32.2. The molecule has 4 nitrogen and oxygen atoms in total. The molecule has 5 heterocycles. The summed E-state index contributed by atoms with van der Waals surface area (Å²) < 4.78 is 2.63. The molecule has 4 aliphatic heterocycles. The highest BCUT2D eigenvalue weighted by molar-refractivity contribution is 7.26. The zero-order valence-corrected chi connectivity index (χ0v) is 55.1. The van der Waals surface area contributed by atoms with Crippen LogP contribution < -0.4 is 36.0 Å². The van der Waals surface area contributed by atoms with Gasteiger partial charge in [0.15, 0.2) is 0 Å². The normalized spacial score (nSPS) is 22.8. The van der Waals surface area contributed by atoms with Gasteiger partial charge in [-0.25, -0.2) is 0 Å². The SMILES string of the molecule is CC(C)(C)c1ccc2c(c1)B1c3ccc(N4c5ccc(C(C)(C)C)cc5C5(C)CCCCC45C)cc3N(c3cccc4c3sc3ccccc34)c3cc(N4c5ccccc5C5(C)CCCCC45C)cc(c31)N2c1ccc(C(C)(C)C)cc1-c1ccccc1. The van der Waals surface area contributed by atoms with E-state index in [2.05, 4.69) is 292 Å². The molecule has 4 unspecified atom stereocenters. The quantitative estimate of drug-likeness (QED) is 0.159. The van der Waals surface area contributed by atoms with Gasteiger partial charge in [-0.15, -0.1) is 11.3 Å². The van der Waals surface area contributed by atoms with E-state index in [1.807, 2.05) is 11.3 Å². The number of hydrogen-bond donors (Lipinski definition) is 0. The van der Waals surface area contributed by atoms with Crippen molar-refractivity contribution in [1.29, 1.82) is 0 Å². The van der Waals surface area contributed by atoms with Crippen LogP contribution in [-0.2, 0) is 27.1 Å². The van der Waals surface area contributed by atoms with Crippen LogP contribution in [0.2, 0.25) is 0 Å². The van der Waals surface area contributed by atoms with Gasteiger partial charge in [0.2, 0.25) is 0 Å². The molecule has 0 bridgehead atoms. The van der Waals surface area contributed by atoms with Crippen molar-refractivity contribution in [2.45, 2.75) is 180 Å². The highest BCUT2D eigenvalue weighted by Crippen LogP contribution is 2.64. The Morgan fingerprint density at radius 1 is 0.386 bits per heavy atom. The highest BCUT2D eigenvalue weighted by Gasteiger charge is 2.60. The number of fused-ring (bicyclic) bond motifs is 13. The smallest absolute Gasteiger partial charge is 0.252 e. The molecule has 10 aromatic rings. The van der Waals surface area contributed by atoms with Gasteiger partial charge in [0.1, 0.15) is 0 Å². The number of thiophene rings is 1. The first kappa shape index (κ1) is 55.8. The molecule has 6 aliphatic rings. The Kier molecular flexibility index (Phi) is 12.0. The Labute approximate surface area is 528 Å². The van der Waals surface area contributed by atoms with Crippen molar-refractivity contribution in [1.82, 2.24) is 0 Å². The molecule has 0 N–H and O–H groups in total. The van der Waals surface area contributed by atoms with Gasteiger partial charge in [-0.1, -0.05) is 217 Å². The van der Waals surface area contributed by atoms with Gasteiger partial charge in [-0.05, 0) is 172 Å². The molecule has 88 heavy (non-hydrogen) atoms. The third kappa shape index (κ3) is 7.75. The van der Waals surface area contributed by atoms with Gasteiger partial charge in [0.25, 0.3) is 6.71 Å². The second kappa shape index (κ2) is 19.0. The van der Waals surface area contributed by atoms with E-state index in [1.165, 1.54) is 171 Å². The van der Waals surface area contributed by atoms with E-state index in [0.717, 1.165) is 12.8 Å². The maximum atomic E-state index is 2.84. The van der Waals surface area contributed by atoms with Crippen molar-refractivity contribution < 1.29 is 0 Å². The fraction of sp³-hybridized carbons (Fsp3) is 0.341. The van der Waals surface area contributed by atoms with Crippen LogP contribution in [0.3, 0.4) is 0 Å². The summed E-state index contributed by atoms with van der Waals surface area (Å²) >= 11 is 1.95. The first-order chi connectivity index (χ1) is 42.0. The standard InChI is InChI=1S/C82H85BN4S/c1-76(2,3)53-34-39-65(60(46-53)52-26-15-14-16-27-52)84-68-41-36-55(78(7,8)9)48-64(68)83-63-38-37-56(86-67-40-35-54(77(4,5)6)47-62(67)80(11)43-22-24-45-82(80,86)13)49-70(63)85(69-32-25-29-59-58-28-17-20-33-73(58)88-75(59)69)72-51-57(50-71(84)74(72)83)87-66-31-19-18-30-61(66)79(10)42-21-23-44-81(79,87)12/h14-20,25-41,46-51H,21-24,42-45H2,1-13H3. The second-order valence-electron chi connectivity index (χ2n) is 31.2. The number of nitrogens with zero attached hydrogens (tertiary/aromatic N) is 4. The summed E-state index contributed by atoms with van der Waals surface area (Å²) in [7, 11) is 0. The predicted octanol–water partition coefficient (Wildman–Crippen LogP) is 21.2. The Hall–Kier alpha value is -7.54. The lowest BCUT2D eigenvalue weighted by molar-refractivity contribution is 0.195. The zero-order valence-electron chi connectivity index (χ0n) is 54.3. The van der Waals surface area contributed by atoms with E-state index in [4.69, 9.17) is 0 Å². The maximum Gasteiger partial charge on any atom is 0.252 e. The van der Waals surface area contributed by atoms with E-state index in [-0.39, 0.29) is 44.9 Å². The van der Waals surface area contributed by atoms with Gasteiger partial charge in [0.05, 0.1) is 27.2 Å². The zero-order chi connectivity index (χ0) is 60.8. The van der Waals surface area contributed by atoms with Crippen molar-refractivity contribution in [3.8, 4) is 11.1 Å². The molecule has 0 amide bonds. The summed E-state index contributed by atoms with van der Waals surface area (Å²) in [5.74, 6) is 0. The Morgan fingerprint density at radius 3 is 1.60 bits per heavy atom. The van der Waals surface area contributed by atoms with Gasteiger partial charge < -0.3 is 19.6 Å². The number of para-hydroxylation sites is 1. The Morgan fingerprint density at radius 2 is 0.909 bits per heavy atom. The minimum absolute atomic E-state index is 0.0228. The average Bonchev–Trinajstić information content (AvgIpc) is 1.22. The number of hydrogen-bond acceptors (Lipinski definition) is 5. The molecule has 16 rings (SSSR count). The number of anilines is 10. The topological polar surface area (TPSA) is 13.0 Å². The first-order valence-electron chi connectivity index (χ1n) is 33.0. The summed E-state index contributed by atoms with van der Waals surface area (Å²) in [4.78, 5) is 11.2. The van der Waals surface area contributed by atoms with E-state index >= 15 is 0 Å². The summed E-state index contributed by atoms with van der Waals surface area (Å²) in [6.07, 6.45) is 9.52. The average molecular weight is 1170 g/mol. The molecule has 6 heteroatoms. The number of rotatable bonds is 5. The van der Waals surface area contributed by atoms with Gasteiger partial charge in [0, 0.05) is 77.4 Å². The monoisotopic (exact) mass is 1170 g/mol. The molecule has 1 aromatic heterocycles. The third-order valence-corrected chi connectivity index (χ3v) is 24.4. The molecule has 0 spiro atoms. The molecule has 2 saturated carbocycles. The Bertz CT molecular complexity index is 4530. The highest BCUT2D eigenvalue weighted by atomic mass is 32.1. The van der Waals surface area contributed by atoms with Crippen LogP contribution >= 0.6 is 11.3 Å². The predicted molar refractivity (Wildman–Crippen MR) is 381 cm³/mol. The third-order valence-electron chi connectivity index (χ3n) is 23.2. The van der Waals surface area contributed by atoms with E-state index < -0.39 is 0 Å². The molecular formula is C82H85BN4S. The molecule has 0 saturated heterocycles. The van der Waals surface area contributed by atoms with E-state index in [9.17, 15) is 0 Å². The van der Waals surface area contributed by atoms with Crippen LogP contribution in [0, 0.1) is 0 Å². The van der Waals surface area contributed by atoms with Crippen molar-refractivity contribution in [3.63, 3.8) is 0 Å². The summed E-state index contributed by atoms with van der Waals surface area (Å²) in [5.41, 5.74) is 25.8. The summed E-state index contributed by atoms with van der Waals surface area (Å²) in [6, 6.07) is 72.5. The van der Waals surface area contributed by atoms with Gasteiger partial charge >= 0.3 is 0 Å². The fourth-order valence-corrected chi connectivity index (χ4v) is 19.1. The largest absolute Gasteiger partial charge is 0.334 e. The van der Waals surface area contributed by atoms with Crippen molar-refractivity contribution >= 4 is 111 Å². The van der Waals surface area contributed by atoms with E-state index in [1.54, 1.807) is 0 Å². The maximum absolute atomic E-state index is 2.84. The number of benzene rings is 9. The lowest BCUT2D eigenvalue weighted by Crippen LogP contribution is -2.62. The van der Waals surface area contributed by atoms with Crippen LogP contribution in [-0.4, -0.2) is 17.8 Å². The van der Waals surface area contributed by atoms with Gasteiger partial charge in [-0.2, -0.15) is 0 Å². The lowest BCUT2D eigenvalue weighted by Gasteiger charge is -2.51. The van der Waals surface area contributed by atoms with Crippen LogP contribution in [0.5, 0.6) is 0 Å². The van der Waals surface area contributed by atoms with Crippen LogP contribution in [0.1, 0.15) is 169 Å². The van der Waals surface area contributed by atoms with E-state index in [0.29, 0.717) is 0 Å². The molecule has 2 aliphatic carbocycles. The molecule has 2 fully saturated rings. The Balaban J connectivity index is 1.05. The van der Waals surface area contributed by atoms with Crippen molar-refractivity contribution in [2.75, 3.05) is 19.6 Å².